The van der Waals surface area contributed by atoms with Crippen molar-refractivity contribution in [2.75, 3.05) is 0 Å². The van der Waals surface area contributed by atoms with Crippen LogP contribution in [0.3, 0.4) is 0 Å². The predicted molar refractivity (Wildman–Crippen MR) is 86.0 cm³/mol. The average Bonchev–Trinajstić information content (AvgIpc) is 3.15. The van der Waals surface area contributed by atoms with Gasteiger partial charge in [0.05, 0.1) is 0 Å². The first kappa shape index (κ1) is 14.3. The number of carbonyl (C=O) groups excluding carboxylic acids is 1. The number of ether oxygens (including phenoxy) is 1. The number of amides is 1. The van der Waals surface area contributed by atoms with Gasteiger partial charge in [0.1, 0.15) is 18.4 Å². The van der Waals surface area contributed by atoms with Crippen LogP contribution in [-0.2, 0) is 11.3 Å². The molecule has 2 atom stereocenters. The number of fused-ring (bicyclic) bond motifs is 2. The molecule has 0 aliphatic carbocycles. The van der Waals surface area contributed by atoms with Crippen molar-refractivity contribution in [3.8, 4) is 5.75 Å². The molecule has 1 amide bonds. The highest BCUT2D eigenvalue weighted by atomic mass is 16.5. The summed E-state index contributed by atoms with van der Waals surface area (Å²) >= 11 is 0. The summed E-state index contributed by atoms with van der Waals surface area (Å²) < 4.78 is 7.82. The summed E-state index contributed by atoms with van der Waals surface area (Å²) in [6.45, 7) is 0.338. The van der Waals surface area contributed by atoms with E-state index in [1.54, 1.807) is 10.9 Å². The first-order valence-electron chi connectivity index (χ1n) is 8.30. The highest BCUT2D eigenvalue weighted by molar-refractivity contribution is 5.77. The minimum absolute atomic E-state index is 0.180. The largest absolute Gasteiger partial charge is 0.490 e. The maximum absolute atomic E-state index is 12.6. The molecular weight excluding hydrogens is 290 g/mol. The molecule has 2 aliphatic rings. The Morgan fingerprint density at radius 2 is 1.87 bits per heavy atom. The SMILES string of the molecule is O=C(Cn1cccn1)N1C2CCC1CC(Oc1ccccc1)C2. The van der Waals surface area contributed by atoms with Crippen LogP contribution in [0, 0.1) is 0 Å². The molecule has 120 valence electrons. The summed E-state index contributed by atoms with van der Waals surface area (Å²) in [5.41, 5.74) is 0. The fourth-order valence-corrected chi connectivity index (χ4v) is 3.94. The number of rotatable bonds is 4. The molecule has 23 heavy (non-hydrogen) atoms. The van der Waals surface area contributed by atoms with Gasteiger partial charge in [-0.2, -0.15) is 5.10 Å². The molecule has 5 nitrogen and oxygen atoms in total. The molecular formula is C18H21N3O2. The third-order valence-corrected chi connectivity index (χ3v) is 4.88. The van der Waals surface area contributed by atoms with Gasteiger partial charge in [0.15, 0.2) is 0 Å². The van der Waals surface area contributed by atoms with Crippen molar-refractivity contribution in [2.24, 2.45) is 0 Å². The van der Waals surface area contributed by atoms with Gasteiger partial charge >= 0.3 is 0 Å². The Bertz CT molecular complexity index is 642. The lowest BCUT2D eigenvalue weighted by atomic mass is 9.99. The van der Waals surface area contributed by atoms with Crippen molar-refractivity contribution in [2.45, 2.75) is 50.4 Å². The van der Waals surface area contributed by atoms with Crippen LogP contribution in [0.15, 0.2) is 48.8 Å². The fourth-order valence-electron chi connectivity index (χ4n) is 3.94. The summed E-state index contributed by atoms with van der Waals surface area (Å²) in [6, 6.07) is 12.4. The Labute approximate surface area is 135 Å². The Balaban J connectivity index is 1.41. The van der Waals surface area contributed by atoms with Gasteiger partial charge in [-0.05, 0) is 31.0 Å². The van der Waals surface area contributed by atoms with Crippen LogP contribution in [-0.4, -0.2) is 38.8 Å². The topological polar surface area (TPSA) is 47.4 Å². The van der Waals surface area contributed by atoms with E-state index in [-0.39, 0.29) is 12.0 Å². The lowest BCUT2D eigenvalue weighted by Crippen LogP contribution is -2.50. The number of aromatic nitrogens is 2. The summed E-state index contributed by atoms with van der Waals surface area (Å²) in [4.78, 5) is 14.7. The monoisotopic (exact) mass is 311 g/mol. The van der Waals surface area contributed by atoms with Crippen LogP contribution < -0.4 is 4.74 Å². The highest BCUT2D eigenvalue weighted by Crippen LogP contribution is 2.37. The van der Waals surface area contributed by atoms with Crippen LogP contribution in [0.4, 0.5) is 0 Å². The van der Waals surface area contributed by atoms with E-state index in [0.29, 0.717) is 18.6 Å². The zero-order valence-corrected chi connectivity index (χ0v) is 13.0. The maximum Gasteiger partial charge on any atom is 0.244 e. The van der Waals surface area contributed by atoms with E-state index in [9.17, 15) is 4.79 Å². The van der Waals surface area contributed by atoms with Crippen molar-refractivity contribution in [3.63, 3.8) is 0 Å². The van der Waals surface area contributed by atoms with E-state index in [2.05, 4.69) is 10.00 Å². The number of hydrogen-bond acceptors (Lipinski definition) is 3. The van der Waals surface area contributed by atoms with Crippen molar-refractivity contribution in [3.05, 3.63) is 48.8 Å². The number of nitrogens with zero attached hydrogens (tertiary/aromatic N) is 3. The molecule has 0 spiro atoms. The third kappa shape index (κ3) is 2.96. The predicted octanol–water partition coefficient (Wildman–Crippen LogP) is 2.48. The van der Waals surface area contributed by atoms with Crippen LogP contribution in [0.1, 0.15) is 25.7 Å². The first-order chi connectivity index (χ1) is 11.3. The molecule has 0 saturated carbocycles. The van der Waals surface area contributed by atoms with Crippen molar-refractivity contribution >= 4 is 5.91 Å². The van der Waals surface area contributed by atoms with E-state index in [0.717, 1.165) is 31.4 Å². The van der Waals surface area contributed by atoms with Gasteiger partial charge in [0.25, 0.3) is 0 Å². The molecule has 1 aromatic heterocycles. The van der Waals surface area contributed by atoms with Gasteiger partial charge in [-0.15, -0.1) is 0 Å². The molecule has 2 unspecified atom stereocenters. The van der Waals surface area contributed by atoms with E-state index in [4.69, 9.17) is 4.74 Å². The number of hydrogen-bond donors (Lipinski definition) is 0. The van der Waals surface area contributed by atoms with Gasteiger partial charge in [-0.1, -0.05) is 18.2 Å². The normalized spacial score (nSPS) is 26.3. The lowest BCUT2D eigenvalue weighted by molar-refractivity contribution is -0.137. The Hall–Kier alpha value is -2.30. The summed E-state index contributed by atoms with van der Waals surface area (Å²) in [5, 5.41) is 4.14. The number of para-hydroxylation sites is 1. The molecule has 0 N–H and O–H groups in total. The molecule has 5 heteroatoms. The smallest absolute Gasteiger partial charge is 0.244 e. The summed E-state index contributed by atoms with van der Waals surface area (Å²) in [5.74, 6) is 1.10. The number of carbonyl (C=O) groups is 1. The molecule has 2 saturated heterocycles. The van der Waals surface area contributed by atoms with Gasteiger partial charge in [0.2, 0.25) is 5.91 Å². The highest BCUT2D eigenvalue weighted by Gasteiger charge is 2.43. The minimum Gasteiger partial charge on any atom is -0.490 e. The molecule has 4 rings (SSSR count). The van der Waals surface area contributed by atoms with E-state index in [1.165, 1.54) is 0 Å². The van der Waals surface area contributed by atoms with Crippen LogP contribution in [0.25, 0.3) is 0 Å². The van der Waals surface area contributed by atoms with E-state index < -0.39 is 0 Å². The van der Waals surface area contributed by atoms with Gasteiger partial charge < -0.3 is 9.64 Å². The van der Waals surface area contributed by atoms with E-state index in [1.807, 2.05) is 42.6 Å². The molecule has 1 aromatic carbocycles. The van der Waals surface area contributed by atoms with Gasteiger partial charge in [-0.3, -0.25) is 9.48 Å². The Kier molecular flexibility index (Phi) is 3.77. The summed E-state index contributed by atoms with van der Waals surface area (Å²) in [7, 11) is 0. The zero-order chi connectivity index (χ0) is 15.6. The Morgan fingerprint density at radius 3 is 2.52 bits per heavy atom. The van der Waals surface area contributed by atoms with Crippen molar-refractivity contribution in [1.29, 1.82) is 0 Å². The Morgan fingerprint density at radius 1 is 1.13 bits per heavy atom. The molecule has 2 aliphatic heterocycles. The van der Waals surface area contributed by atoms with Crippen LogP contribution in [0.2, 0.25) is 0 Å². The third-order valence-electron chi connectivity index (χ3n) is 4.88. The summed E-state index contributed by atoms with van der Waals surface area (Å²) in [6.07, 6.45) is 7.79. The van der Waals surface area contributed by atoms with Gasteiger partial charge in [-0.25, -0.2) is 0 Å². The molecule has 3 heterocycles. The zero-order valence-electron chi connectivity index (χ0n) is 13.0. The number of piperidine rings is 1. The second-order valence-electron chi connectivity index (χ2n) is 6.41. The second-order valence-corrected chi connectivity index (χ2v) is 6.41. The van der Waals surface area contributed by atoms with Gasteiger partial charge in [0, 0.05) is 37.3 Å². The number of benzene rings is 1. The minimum atomic E-state index is 0.180. The fraction of sp³-hybridized carbons (Fsp3) is 0.444. The van der Waals surface area contributed by atoms with Crippen LogP contribution >= 0.6 is 0 Å². The maximum atomic E-state index is 12.6. The quantitative estimate of drug-likeness (QED) is 0.871. The standard InChI is InChI=1S/C18H21N3O2/c22-18(13-20-10-4-9-19-20)21-14-7-8-15(21)12-17(11-14)23-16-5-2-1-3-6-16/h1-6,9-10,14-15,17H,7-8,11-13H2. The average molecular weight is 311 g/mol. The first-order valence-corrected chi connectivity index (χ1v) is 8.30. The van der Waals surface area contributed by atoms with E-state index >= 15 is 0 Å². The second kappa shape index (κ2) is 6.07. The molecule has 0 radical (unpaired) electrons. The lowest BCUT2D eigenvalue weighted by Gasteiger charge is -2.39. The van der Waals surface area contributed by atoms with Crippen molar-refractivity contribution in [1.82, 2.24) is 14.7 Å². The van der Waals surface area contributed by atoms with Crippen molar-refractivity contribution < 1.29 is 9.53 Å². The molecule has 2 fully saturated rings. The molecule has 2 bridgehead atoms. The molecule has 2 aromatic rings. The van der Waals surface area contributed by atoms with Crippen LogP contribution in [0.5, 0.6) is 5.75 Å².